The lowest BCUT2D eigenvalue weighted by Crippen LogP contribution is -2.48. The second kappa shape index (κ2) is 6.93. The van der Waals surface area contributed by atoms with Gasteiger partial charge in [-0.3, -0.25) is 4.90 Å². The monoisotopic (exact) mass is 347 g/mol. The Hall–Kier alpha value is -0.290. The molecule has 5 heteroatoms. The van der Waals surface area contributed by atoms with E-state index in [1.165, 1.54) is 5.56 Å². The van der Waals surface area contributed by atoms with E-state index >= 15 is 0 Å². The molecule has 0 radical (unpaired) electrons. The standard InChI is InChI=1S/C14H19BrClNO2/c1-10-9-19-13(6-16)8-17(10)7-11-5-12(15)3-4-14(11)18-2/h3-5,10,13H,6-9H2,1-2H3. The zero-order valence-electron chi connectivity index (χ0n) is 11.2. The van der Waals surface area contributed by atoms with Crippen molar-refractivity contribution >= 4 is 27.5 Å². The maximum atomic E-state index is 5.90. The van der Waals surface area contributed by atoms with Gasteiger partial charge in [0.05, 0.1) is 19.8 Å². The first kappa shape index (κ1) is 15.1. The average Bonchev–Trinajstić information content (AvgIpc) is 2.41. The number of ether oxygens (including phenoxy) is 2. The summed E-state index contributed by atoms with van der Waals surface area (Å²) in [4.78, 5) is 2.39. The molecule has 2 rings (SSSR count). The van der Waals surface area contributed by atoms with Crippen LogP contribution >= 0.6 is 27.5 Å². The van der Waals surface area contributed by atoms with Crippen molar-refractivity contribution in [3.05, 3.63) is 28.2 Å². The summed E-state index contributed by atoms with van der Waals surface area (Å²) in [5.41, 5.74) is 1.18. The molecule has 1 aliphatic heterocycles. The van der Waals surface area contributed by atoms with E-state index < -0.39 is 0 Å². The van der Waals surface area contributed by atoms with Crippen LogP contribution in [0.25, 0.3) is 0 Å². The molecule has 0 N–H and O–H groups in total. The van der Waals surface area contributed by atoms with Crippen molar-refractivity contribution in [1.29, 1.82) is 0 Å². The summed E-state index contributed by atoms with van der Waals surface area (Å²) in [6, 6.07) is 6.48. The molecule has 19 heavy (non-hydrogen) atoms. The maximum absolute atomic E-state index is 5.90. The highest BCUT2D eigenvalue weighted by Crippen LogP contribution is 2.26. The smallest absolute Gasteiger partial charge is 0.123 e. The second-order valence-electron chi connectivity index (χ2n) is 4.84. The van der Waals surface area contributed by atoms with Crippen LogP contribution in [0, 0.1) is 0 Å². The first-order valence-electron chi connectivity index (χ1n) is 6.38. The van der Waals surface area contributed by atoms with E-state index in [2.05, 4.69) is 33.8 Å². The van der Waals surface area contributed by atoms with Crippen molar-refractivity contribution in [2.24, 2.45) is 0 Å². The third-order valence-corrected chi connectivity index (χ3v) is 4.26. The van der Waals surface area contributed by atoms with Crippen LogP contribution in [0.15, 0.2) is 22.7 Å². The quantitative estimate of drug-likeness (QED) is 0.779. The van der Waals surface area contributed by atoms with E-state index in [4.69, 9.17) is 21.1 Å². The molecule has 1 aromatic rings. The SMILES string of the molecule is COc1ccc(Br)cc1CN1CC(CCl)OCC1C. The number of benzene rings is 1. The van der Waals surface area contributed by atoms with Gasteiger partial charge in [-0.25, -0.2) is 0 Å². The molecule has 1 aliphatic rings. The zero-order valence-corrected chi connectivity index (χ0v) is 13.6. The van der Waals surface area contributed by atoms with Crippen molar-refractivity contribution in [2.45, 2.75) is 25.6 Å². The molecule has 0 spiro atoms. The number of hydrogen-bond acceptors (Lipinski definition) is 3. The summed E-state index contributed by atoms with van der Waals surface area (Å²) >= 11 is 9.41. The van der Waals surface area contributed by atoms with Crippen molar-refractivity contribution in [3.63, 3.8) is 0 Å². The van der Waals surface area contributed by atoms with Crippen LogP contribution in [-0.2, 0) is 11.3 Å². The van der Waals surface area contributed by atoms with Crippen molar-refractivity contribution in [3.8, 4) is 5.75 Å². The van der Waals surface area contributed by atoms with E-state index in [0.717, 1.165) is 29.9 Å². The first-order valence-corrected chi connectivity index (χ1v) is 7.70. The third kappa shape index (κ3) is 3.85. The summed E-state index contributed by atoms with van der Waals surface area (Å²) < 4.78 is 12.2. The van der Waals surface area contributed by atoms with Gasteiger partial charge in [0.1, 0.15) is 5.75 Å². The molecule has 106 valence electrons. The van der Waals surface area contributed by atoms with Gasteiger partial charge in [0.25, 0.3) is 0 Å². The molecular weight excluding hydrogens is 330 g/mol. The largest absolute Gasteiger partial charge is 0.496 e. The van der Waals surface area contributed by atoms with Crippen LogP contribution in [0.1, 0.15) is 12.5 Å². The fraction of sp³-hybridized carbons (Fsp3) is 0.571. The molecule has 0 amide bonds. The molecule has 0 saturated carbocycles. The molecule has 3 nitrogen and oxygen atoms in total. The van der Waals surface area contributed by atoms with Gasteiger partial charge in [0.15, 0.2) is 0 Å². The normalized spacial score (nSPS) is 24.4. The summed E-state index contributed by atoms with van der Waals surface area (Å²) in [5, 5.41) is 0. The summed E-state index contributed by atoms with van der Waals surface area (Å²) in [6.07, 6.45) is 0.121. The number of rotatable bonds is 4. The van der Waals surface area contributed by atoms with Crippen LogP contribution in [0.3, 0.4) is 0 Å². The van der Waals surface area contributed by atoms with Crippen molar-refractivity contribution < 1.29 is 9.47 Å². The minimum absolute atomic E-state index is 0.121. The van der Waals surface area contributed by atoms with Crippen LogP contribution in [0.5, 0.6) is 5.75 Å². The maximum Gasteiger partial charge on any atom is 0.123 e. The lowest BCUT2D eigenvalue weighted by atomic mass is 10.1. The number of morpholine rings is 1. The number of halogens is 2. The number of methoxy groups -OCH3 is 1. The van der Waals surface area contributed by atoms with Gasteiger partial charge < -0.3 is 9.47 Å². The van der Waals surface area contributed by atoms with Gasteiger partial charge in [-0.2, -0.15) is 0 Å². The van der Waals surface area contributed by atoms with E-state index in [-0.39, 0.29) is 6.10 Å². The van der Waals surface area contributed by atoms with Crippen LogP contribution in [0.2, 0.25) is 0 Å². The Morgan fingerprint density at radius 2 is 2.32 bits per heavy atom. The van der Waals surface area contributed by atoms with Gasteiger partial charge in [-0.1, -0.05) is 15.9 Å². The van der Waals surface area contributed by atoms with Gasteiger partial charge in [0.2, 0.25) is 0 Å². The fourth-order valence-electron chi connectivity index (χ4n) is 2.28. The Labute approximate surface area is 128 Å². The third-order valence-electron chi connectivity index (χ3n) is 3.42. The number of hydrogen-bond donors (Lipinski definition) is 0. The number of nitrogens with zero attached hydrogens (tertiary/aromatic N) is 1. The molecule has 0 aliphatic carbocycles. The van der Waals surface area contributed by atoms with E-state index in [1.807, 2.05) is 12.1 Å². The van der Waals surface area contributed by atoms with Crippen molar-refractivity contribution in [2.75, 3.05) is 26.1 Å². The molecule has 0 aromatic heterocycles. The molecule has 2 atom stereocenters. The Balaban J connectivity index is 2.12. The predicted octanol–water partition coefficient (Wildman–Crippen LogP) is 3.29. The summed E-state index contributed by atoms with van der Waals surface area (Å²) in [5.74, 6) is 1.46. The van der Waals surface area contributed by atoms with Gasteiger partial charge in [-0.15, -0.1) is 11.6 Å². The molecule has 1 fully saturated rings. The molecule has 1 saturated heterocycles. The molecule has 2 unspecified atom stereocenters. The highest BCUT2D eigenvalue weighted by molar-refractivity contribution is 9.10. The minimum atomic E-state index is 0.121. The van der Waals surface area contributed by atoms with E-state index in [1.54, 1.807) is 7.11 Å². The highest BCUT2D eigenvalue weighted by Gasteiger charge is 2.26. The lowest BCUT2D eigenvalue weighted by Gasteiger charge is -2.37. The van der Waals surface area contributed by atoms with Gasteiger partial charge in [-0.05, 0) is 25.1 Å². The summed E-state index contributed by atoms with van der Waals surface area (Å²) in [7, 11) is 1.71. The number of alkyl halides is 1. The van der Waals surface area contributed by atoms with Crippen LogP contribution < -0.4 is 4.74 Å². The fourth-order valence-corrected chi connectivity index (χ4v) is 2.87. The Morgan fingerprint density at radius 1 is 1.53 bits per heavy atom. The highest BCUT2D eigenvalue weighted by atomic mass is 79.9. The molecular formula is C14H19BrClNO2. The Bertz CT molecular complexity index is 430. The average molecular weight is 349 g/mol. The van der Waals surface area contributed by atoms with Crippen LogP contribution in [-0.4, -0.2) is 43.2 Å². The van der Waals surface area contributed by atoms with E-state index in [9.17, 15) is 0 Å². The van der Waals surface area contributed by atoms with Gasteiger partial charge in [0, 0.05) is 35.0 Å². The molecule has 1 aromatic carbocycles. The molecule has 1 heterocycles. The predicted molar refractivity (Wildman–Crippen MR) is 81.0 cm³/mol. The Morgan fingerprint density at radius 3 is 3.00 bits per heavy atom. The molecule has 0 bridgehead atoms. The summed E-state index contributed by atoms with van der Waals surface area (Å²) in [6.45, 7) is 4.61. The first-order chi connectivity index (χ1) is 9.13. The minimum Gasteiger partial charge on any atom is -0.496 e. The second-order valence-corrected chi connectivity index (χ2v) is 6.07. The Kier molecular flexibility index (Phi) is 5.51. The lowest BCUT2D eigenvalue weighted by molar-refractivity contribution is -0.0512. The van der Waals surface area contributed by atoms with Crippen molar-refractivity contribution in [1.82, 2.24) is 4.90 Å². The van der Waals surface area contributed by atoms with E-state index in [0.29, 0.717) is 11.9 Å². The topological polar surface area (TPSA) is 21.7 Å². The van der Waals surface area contributed by atoms with Crippen LogP contribution in [0.4, 0.5) is 0 Å². The van der Waals surface area contributed by atoms with Gasteiger partial charge >= 0.3 is 0 Å². The zero-order chi connectivity index (χ0) is 13.8.